The fourth-order valence-corrected chi connectivity index (χ4v) is 3.20. The SMILES string of the molecule is Cc1noc2nc(C3CC3)cc(C(=O)N(C)Cc3ccc(OC(F)F)cc3)c12. The van der Waals surface area contributed by atoms with Crippen LogP contribution in [0.1, 0.15) is 46.1 Å². The first-order valence-electron chi connectivity index (χ1n) is 8.98. The van der Waals surface area contributed by atoms with Crippen LogP contribution in [0.4, 0.5) is 8.78 Å². The Labute approximate surface area is 160 Å². The van der Waals surface area contributed by atoms with E-state index in [9.17, 15) is 13.6 Å². The molecule has 1 saturated carbocycles. The number of hydrogen-bond donors (Lipinski definition) is 0. The first-order chi connectivity index (χ1) is 13.4. The van der Waals surface area contributed by atoms with Crippen LogP contribution in [-0.4, -0.2) is 34.6 Å². The van der Waals surface area contributed by atoms with Crippen molar-refractivity contribution in [2.45, 2.75) is 38.8 Å². The number of halogens is 2. The second-order valence-corrected chi connectivity index (χ2v) is 7.00. The molecule has 28 heavy (non-hydrogen) atoms. The summed E-state index contributed by atoms with van der Waals surface area (Å²) >= 11 is 0. The number of aryl methyl sites for hydroxylation is 1. The molecule has 1 aliphatic carbocycles. The van der Waals surface area contributed by atoms with Crippen molar-refractivity contribution in [1.82, 2.24) is 15.0 Å². The van der Waals surface area contributed by atoms with E-state index in [0.717, 1.165) is 24.1 Å². The maximum Gasteiger partial charge on any atom is 0.387 e. The third kappa shape index (κ3) is 3.67. The number of rotatable bonds is 6. The largest absolute Gasteiger partial charge is 0.435 e. The van der Waals surface area contributed by atoms with E-state index in [0.29, 0.717) is 34.8 Å². The van der Waals surface area contributed by atoms with Gasteiger partial charge in [0.05, 0.1) is 16.6 Å². The molecule has 2 heterocycles. The molecule has 2 aromatic heterocycles. The lowest BCUT2D eigenvalue weighted by Gasteiger charge is -2.18. The van der Waals surface area contributed by atoms with Crippen LogP contribution >= 0.6 is 0 Å². The lowest BCUT2D eigenvalue weighted by molar-refractivity contribution is -0.0498. The number of pyridine rings is 1. The molecular weight excluding hydrogens is 368 g/mol. The Hall–Kier alpha value is -3.03. The summed E-state index contributed by atoms with van der Waals surface area (Å²) in [6.45, 7) is -0.763. The maximum atomic E-state index is 13.1. The number of aromatic nitrogens is 2. The summed E-state index contributed by atoms with van der Waals surface area (Å²) in [6.07, 6.45) is 2.12. The van der Waals surface area contributed by atoms with Gasteiger partial charge in [-0.1, -0.05) is 17.3 Å². The van der Waals surface area contributed by atoms with Crippen LogP contribution in [0.2, 0.25) is 0 Å². The predicted octanol–water partition coefficient (Wildman–Crippen LogP) is 4.28. The van der Waals surface area contributed by atoms with E-state index in [1.165, 1.54) is 12.1 Å². The minimum Gasteiger partial charge on any atom is -0.435 e. The first-order valence-corrected chi connectivity index (χ1v) is 8.98. The second-order valence-electron chi connectivity index (χ2n) is 7.00. The summed E-state index contributed by atoms with van der Waals surface area (Å²) in [5, 5.41) is 4.58. The molecule has 146 valence electrons. The molecule has 0 N–H and O–H groups in total. The van der Waals surface area contributed by atoms with Gasteiger partial charge in [-0.15, -0.1) is 0 Å². The topological polar surface area (TPSA) is 68.5 Å². The lowest BCUT2D eigenvalue weighted by atomic mass is 10.1. The number of carbonyl (C=O) groups is 1. The molecule has 0 atom stereocenters. The predicted molar refractivity (Wildman–Crippen MR) is 97.4 cm³/mol. The number of fused-ring (bicyclic) bond motifs is 1. The quantitative estimate of drug-likeness (QED) is 0.631. The number of amides is 1. The van der Waals surface area contributed by atoms with E-state index in [1.807, 2.05) is 6.07 Å². The zero-order valence-corrected chi connectivity index (χ0v) is 15.5. The van der Waals surface area contributed by atoms with Gasteiger partial charge in [-0.2, -0.15) is 8.78 Å². The molecule has 1 aliphatic rings. The van der Waals surface area contributed by atoms with E-state index in [1.54, 1.807) is 31.0 Å². The van der Waals surface area contributed by atoms with Crippen LogP contribution in [0.3, 0.4) is 0 Å². The number of hydrogen-bond acceptors (Lipinski definition) is 5. The van der Waals surface area contributed by atoms with Gasteiger partial charge >= 0.3 is 6.61 Å². The standard InChI is InChI=1S/C20H19F2N3O3/c1-11-17-15(9-16(13-5-6-13)23-18(17)28-24-11)19(26)25(2)10-12-3-7-14(8-4-12)27-20(21)22/h3-4,7-9,13,20H,5-6,10H2,1-2H3. The van der Waals surface area contributed by atoms with Gasteiger partial charge < -0.3 is 14.2 Å². The van der Waals surface area contributed by atoms with Crippen LogP contribution in [0.5, 0.6) is 5.75 Å². The van der Waals surface area contributed by atoms with Crippen molar-refractivity contribution in [3.05, 3.63) is 52.8 Å². The third-order valence-electron chi connectivity index (χ3n) is 4.78. The van der Waals surface area contributed by atoms with Gasteiger partial charge in [0.25, 0.3) is 11.6 Å². The number of nitrogens with zero attached hydrogens (tertiary/aromatic N) is 3. The molecule has 3 aromatic rings. The van der Waals surface area contributed by atoms with Crippen LogP contribution in [0.15, 0.2) is 34.9 Å². The van der Waals surface area contributed by atoms with Crippen molar-refractivity contribution in [3.8, 4) is 5.75 Å². The van der Waals surface area contributed by atoms with E-state index in [4.69, 9.17) is 4.52 Å². The minimum atomic E-state index is -2.86. The highest BCUT2D eigenvalue weighted by Gasteiger charge is 2.29. The molecule has 0 unspecified atom stereocenters. The van der Waals surface area contributed by atoms with Crippen molar-refractivity contribution in [1.29, 1.82) is 0 Å². The van der Waals surface area contributed by atoms with E-state index in [2.05, 4.69) is 14.9 Å². The van der Waals surface area contributed by atoms with Crippen molar-refractivity contribution in [2.75, 3.05) is 7.05 Å². The molecule has 0 spiro atoms. The molecular formula is C20H19F2N3O3. The van der Waals surface area contributed by atoms with Gasteiger partial charge in [-0.3, -0.25) is 4.79 Å². The normalized spacial score (nSPS) is 13.9. The van der Waals surface area contributed by atoms with Gasteiger partial charge in [0, 0.05) is 25.2 Å². The van der Waals surface area contributed by atoms with Crippen LogP contribution in [-0.2, 0) is 6.54 Å². The minimum absolute atomic E-state index is 0.0812. The zero-order valence-electron chi connectivity index (χ0n) is 15.5. The van der Waals surface area contributed by atoms with Gasteiger partial charge in [-0.05, 0) is 43.5 Å². The molecule has 0 radical (unpaired) electrons. The summed E-state index contributed by atoms with van der Waals surface area (Å²) in [4.78, 5) is 19.2. The molecule has 4 rings (SSSR count). The Morgan fingerprint density at radius 3 is 2.68 bits per heavy atom. The van der Waals surface area contributed by atoms with Crippen LogP contribution < -0.4 is 4.74 Å². The number of ether oxygens (including phenoxy) is 1. The number of carbonyl (C=O) groups excluding carboxylic acids is 1. The summed E-state index contributed by atoms with van der Waals surface area (Å²) in [7, 11) is 1.69. The highest BCUT2D eigenvalue weighted by molar-refractivity contribution is 6.06. The fourth-order valence-electron chi connectivity index (χ4n) is 3.20. The summed E-state index contributed by atoms with van der Waals surface area (Å²) in [6, 6.07) is 8.07. The monoisotopic (exact) mass is 387 g/mol. The smallest absolute Gasteiger partial charge is 0.387 e. The van der Waals surface area contributed by atoms with Gasteiger partial charge in [0.2, 0.25) is 0 Å². The highest BCUT2D eigenvalue weighted by atomic mass is 19.3. The van der Waals surface area contributed by atoms with Gasteiger partial charge in [0.15, 0.2) is 0 Å². The van der Waals surface area contributed by atoms with Crippen molar-refractivity contribution >= 4 is 17.0 Å². The number of benzene rings is 1. The third-order valence-corrected chi connectivity index (χ3v) is 4.78. The Morgan fingerprint density at radius 1 is 1.32 bits per heavy atom. The molecule has 0 bridgehead atoms. The highest BCUT2D eigenvalue weighted by Crippen LogP contribution is 2.40. The molecule has 0 saturated heterocycles. The summed E-state index contributed by atoms with van der Waals surface area (Å²) in [5.41, 5.74) is 3.18. The molecule has 0 aliphatic heterocycles. The lowest BCUT2D eigenvalue weighted by Crippen LogP contribution is -2.26. The fraction of sp³-hybridized carbons (Fsp3) is 0.350. The molecule has 8 heteroatoms. The molecule has 1 fully saturated rings. The van der Waals surface area contributed by atoms with Crippen molar-refractivity contribution < 1.29 is 22.8 Å². The Balaban J connectivity index is 1.57. The zero-order chi connectivity index (χ0) is 19.8. The molecule has 1 amide bonds. The average molecular weight is 387 g/mol. The second kappa shape index (κ2) is 7.18. The van der Waals surface area contributed by atoms with Crippen LogP contribution in [0, 0.1) is 6.92 Å². The molecule has 1 aromatic carbocycles. The van der Waals surface area contributed by atoms with Crippen molar-refractivity contribution in [2.24, 2.45) is 0 Å². The Morgan fingerprint density at radius 2 is 2.04 bits per heavy atom. The summed E-state index contributed by atoms with van der Waals surface area (Å²) < 4.78 is 34.2. The van der Waals surface area contributed by atoms with E-state index < -0.39 is 6.61 Å². The van der Waals surface area contributed by atoms with Gasteiger partial charge in [0.1, 0.15) is 5.75 Å². The number of alkyl halides is 2. The first kappa shape index (κ1) is 18.3. The Bertz CT molecular complexity index is 1010. The van der Waals surface area contributed by atoms with Gasteiger partial charge in [-0.25, -0.2) is 4.98 Å². The Kier molecular flexibility index (Phi) is 4.70. The van der Waals surface area contributed by atoms with E-state index in [-0.39, 0.29) is 11.7 Å². The average Bonchev–Trinajstić information content (AvgIpc) is 3.45. The summed E-state index contributed by atoms with van der Waals surface area (Å²) in [5.74, 6) is 0.278. The molecule has 6 nitrogen and oxygen atoms in total. The maximum absolute atomic E-state index is 13.1. The van der Waals surface area contributed by atoms with Crippen molar-refractivity contribution in [3.63, 3.8) is 0 Å². The van der Waals surface area contributed by atoms with Crippen LogP contribution in [0.25, 0.3) is 11.1 Å². The van der Waals surface area contributed by atoms with E-state index >= 15 is 0 Å².